The first-order valence-corrected chi connectivity index (χ1v) is 8.19. The molecular formula is C17H24F3N3O. The molecule has 1 saturated heterocycles. The zero-order valence-electron chi connectivity index (χ0n) is 14.1. The van der Waals surface area contributed by atoms with Crippen LogP contribution in [0.4, 0.5) is 18.0 Å². The number of carbonyl (C=O) groups is 1. The Morgan fingerprint density at radius 2 is 2.17 bits per heavy atom. The van der Waals surface area contributed by atoms with E-state index in [1.807, 2.05) is 0 Å². The predicted octanol–water partition coefficient (Wildman–Crippen LogP) is 3.33. The van der Waals surface area contributed by atoms with Crippen molar-refractivity contribution in [2.75, 3.05) is 26.7 Å². The average Bonchev–Trinajstić information content (AvgIpc) is 2.54. The normalized spacial score (nSPS) is 19.1. The summed E-state index contributed by atoms with van der Waals surface area (Å²) in [7, 11) is 1.59. The molecule has 0 spiro atoms. The average molecular weight is 343 g/mol. The monoisotopic (exact) mass is 343 g/mol. The first-order valence-electron chi connectivity index (χ1n) is 8.19. The van der Waals surface area contributed by atoms with Crippen molar-refractivity contribution >= 4 is 6.03 Å². The fourth-order valence-electron chi connectivity index (χ4n) is 2.94. The molecule has 1 aliphatic heterocycles. The van der Waals surface area contributed by atoms with E-state index in [9.17, 15) is 18.0 Å². The topological polar surface area (TPSA) is 35.6 Å². The molecule has 7 heteroatoms. The molecule has 0 bridgehead atoms. The first-order chi connectivity index (χ1) is 11.3. The third kappa shape index (κ3) is 5.12. The van der Waals surface area contributed by atoms with Gasteiger partial charge in [0.2, 0.25) is 0 Å². The summed E-state index contributed by atoms with van der Waals surface area (Å²) in [4.78, 5) is 16.0. The van der Waals surface area contributed by atoms with Gasteiger partial charge in [-0.15, -0.1) is 0 Å². The Kier molecular flexibility index (Phi) is 6.10. The molecule has 1 heterocycles. The Balaban J connectivity index is 1.92. The van der Waals surface area contributed by atoms with Crippen molar-refractivity contribution in [2.45, 2.75) is 38.5 Å². The van der Waals surface area contributed by atoms with E-state index in [-0.39, 0.29) is 18.6 Å². The summed E-state index contributed by atoms with van der Waals surface area (Å²) in [5.74, 6) is 0. The second-order valence-electron chi connectivity index (χ2n) is 6.24. The van der Waals surface area contributed by atoms with Crippen molar-refractivity contribution in [2.24, 2.45) is 0 Å². The SMILES string of the molecule is CCN1CCC[C@@H](NC(=O)N(C)Cc2cccc(C(F)(F)F)c2)C1. The van der Waals surface area contributed by atoms with Gasteiger partial charge in [0.05, 0.1) is 5.56 Å². The second-order valence-corrected chi connectivity index (χ2v) is 6.24. The molecule has 2 amide bonds. The lowest BCUT2D eigenvalue weighted by Crippen LogP contribution is -2.50. The maximum atomic E-state index is 12.7. The maximum absolute atomic E-state index is 12.7. The lowest BCUT2D eigenvalue weighted by atomic mass is 10.1. The third-order valence-electron chi connectivity index (χ3n) is 4.30. The smallest absolute Gasteiger partial charge is 0.334 e. The third-order valence-corrected chi connectivity index (χ3v) is 4.30. The van der Waals surface area contributed by atoms with Crippen LogP contribution in [0.1, 0.15) is 30.9 Å². The van der Waals surface area contributed by atoms with Gasteiger partial charge in [0.15, 0.2) is 0 Å². The van der Waals surface area contributed by atoms with Crippen LogP contribution in [0.5, 0.6) is 0 Å². The molecule has 0 unspecified atom stereocenters. The Morgan fingerprint density at radius 3 is 2.83 bits per heavy atom. The summed E-state index contributed by atoms with van der Waals surface area (Å²) in [5, 5.41) is 2.97. The Bertz CT molecular complexity index is 562. The van der Waals surface area contributed by atoms with Gasteiger partial charge in [-0.2, -0.15) is 13.2 Å². The van der Waals surface area contributed by atoms with Crippen LogP contribution in [-0.4, -0.2) is 48.6 Å². The Labute approximate surface area is 140 Å². The molecular weight excluding hydrogens is 319 g/mol. The van der Waals surface area contributed by atoms with Crippen LogP contribution >= 0.6 is 0 Å². The number of nitrogens with zero attached hydrogens (tertiary/aromatic N) is 2. The number of benzene rings is 1. The van der Waals surface area contributed by atoms with E-state index in [4.69, 9.17) is 0 Å². The summed E-state index contributed by atoms with van der Waals surface area (Å²) < 4.78 is 38.2. The molecule has 0 aliphatic carbocycles. The molecule has 134 valence electrons. The highest BCUT2D eigenvalue weighted by Crippen LogP contribution is 2.29. The molecule has 0 aromatic heterocycles. The van der Waals surface area contributed by atoms with E-state index in [0.717, 1.165) is 44.6 Å². The second kappa shape index (κ2) is 7.88. The van der Waals surface area contributed by atoms with E-state index in [1.54, 1.807) is 13.1 Å². The van der Waals surface area contributed by atoms with E-state index in [2.05, 4.69) is 17.1 Å². The van der Waals surface area contributed by atoms with Gasteiger partial charge in [-0.25, -0.2) is 4.79 Å². The quantitative estimate of drug-likeness (QED) is 0.910. The number of rotatable bonds is 4. The van der Waals surface area contributed by atoms with Crippen LogP contribution in [0.15, 0.2) is 24.3 Å². The van der Waals surface area contributed by atoms with Crippen molar-refractivity contribution in [3.8, 4) is 0 Å². The molecule has 0 saturated carbocycles. The van der Waals surface area contributed by atoms with Crippen LogP contribution in [0.2, 0.25) is 0 Å². The molecule has 1 atom stereocenters. The summed E-state index contributed by atoms with van der Waals surface area (Å²) in [5.41, 5.74) is -0.235. The fourth-order valence-corrected chi connectivity index (χ4v) is 2.94. The lowest BCUT2D eigenvalue weighted by Gasteiger charge is -2.33. The number of hydrogen-bond donors (Lipinski definition) is 1. The van der Waals surface area contributed by atoms with Crippen LogP contribution in [0.3, 0.4) is 0 Å². The number of nitrogens with one attached hydrogen (secondary N) is 1. The van der Waals surface area contributed by atoms with E-state index < -0.39 is 11.7 Å². The molecule has 1 N–H and O–H groups in total. The van der Waals surface area contributed by atoms with Crippen molar-refractivity contribution in [1.82, 2.24) is 15.1 Å². The minimum atomic E-state index is -4.37. The van der Waals surface area contributed by atoms with Gasteiger partial charge in [0.1, 0.15) is 0 Å². The molecule has 4 nitrogen and oxygen atoms in total. The molecule has 2 rings (SSSR count). The van der Waals surface area contributed by atoms with Crippen molar-refractivity contribution in [1.29, 1.82) is 0 Å². The van der Waals surface area contributed by atoms with Gasteiger partial charge in [-0.1, -0.05) is 19.1 Å². The maximum Gasteiger partial charge on any atom is 0.416 e. The number of piperidine rings is 1. The van der Waals surface area contributed by atoms with Gasteiger partial charge >= 0.3 is 12.2 Å². The summed E-state index contributed by atoms with van der Waals surface area (Å²) >= 11 is 0. The first kappa shape index (κ1) is 18.6. The molecule has 1 fully saturated rings. The molecule has 1 aromatic rings. The Morgan fingerprint density at radius 1 is 1.42 bits per heavy atom. The minimum Gasteiger partial charge on any atom is -0.334 e. The standard InChI is InChI=1S/C17H24F3N3O/c1-3-23-9-5-8-15(12-23)21-16(24)22(2)11-13-6-4-7-14(10-13)17(18,19)20/h4,6-7,10,15H,3,5,8-9,11-12H2,1-2H3,(H,21,24)/t15-/m1/s1. The van der Waals surface area contributed by atoms with Crippen LogP contribution in [0.25, 0.3) is 0 Å². The number of hydrogen-bond acceptors (Lipinski definition) is 2. The van der Waals surface area contributed by atoms with Gasteiger partial charge in [-0.3, -0.25) is 0 Å². The number of amides is 2. The summed E-state index contributed by atoms with van der Waals surface area (Å²) in [6, 6.07) is 4.92. The summed E-state index contributed by atoms with van der Waals surface area (Å²) in [6.07, 6.45) is -2.40. The van der Waals surface area contributed by atoms with Gasteiger partial charge in [-0.05, 0) is 43.6 Å². The van der Waals surface area contributed by atoms with Crippen molar-refractivity contribution in [3.05, 3.63) is 35.4 Å². The number of carbonyl (C=O) groups excluding carboxylic acids is 1. The van der Waals surface area contributed by atoms with Crippen molar-refractivity contribution < 1.29 is 18.0 Å². The highest BCUT2D eigenvalue weighted by molar-refractivity contribution is 5.74. The highest BCUT2D eigenvalue weighted by atomic mass is 19.4. The van der Waals surface area contributed by atoms with E-state index in [1.165, 1.54) is 11.0 Å². The largest absolute Gasteiger partial charge is 0.416 e. The molecule has 1 aromatic carbocycles. The zero-order chi connectivity index (χ0) is 17.7. The van der Waals surface area contributed by atoms with Crippen LogP contribution in [-0.2, 0) is 12.7 Å². The number of likely N-dealkylation sites (tertiary alicyclic amines) is 1. The molecule has 0 radical (unpaired) electrons. The number of urea groups is 1. The van der Waals surface area contributed by atoms with Crippen LogP contribution < -0.4 is 5.32 Å². The number of alkyl halides is 3. The summed E-state index contributed by atoms with van der Waals surface area (Å²) in [6.45, 7) is 5.04. The lowest BCUT2D eigenvalue weighted by molar-refractivity contribution is -0.137. The molecule has 1 aliphatic rings. The van der Waals surface area contributed by atoms with E-state index >= 15 is 0 Å². The molecule has 24 heavy (non-hydrogen) atoms. The minimum absolute atomic E-state index is 0.0927. The highest BCUT2D eigenvalue weighted by Gasteiger charge is 2.30. The van der Waals surface area contributed by atoms with Crippen molar-refractivity contribution in [3.63, 3.8) is 0 Å². The number of likely N-dealkylation sites (N-methyl/N-ethyl adjacent to an activating group) is 1. The van der Waals surface area contributed by atoms with Gasteiger partial charge in [0, 0.05) is 26.2 Å². The zero-order valence-corrected chi connectivity index (χ0v) is 14.1. The van der Waals surface area contributed by atoms with Gasteiger partial charge in [0.25, 0.3) is 0 Å². The predicted molar refractivity (Wildman–Crippen MR) is 86.6 cm³/mol. The fraction of sp³-hybridized carbons (Fsp3) is 0.588. The van der Waals surface area contributed by atoms with Gasteiger partial charge < -0.3 is 15.1 Å². The number of halogens is 3. The van der Waals surface area contributed by atoms with E-state index in [0.29, 0.717) is 5.56 Å². The Hall–Kier alpha value is -1.76. The van der Waals surface area contributed by atoms with Crippen LogP contribution in [0, 0.1) is 0 Å².